The molecule has 1 N–H and O–H groups in total. The van der Waals surface area contributed by atoms with Gasteiger partial charge in [0.25, 0.3) is 0 Å². The van der Waals surface area contributed by atoms with Crippen LogP contribution in [0.1, 0.15) is 12.8 Å². The number of hydrogen-bond acceptors (Lipinski definition) is 2. The average Bonchev–Trinajstić information content (AvgIpc) is 3.24. The van der Waals surface area contributed by atoms with Crippen molar-refractivity contribution in [3.8, 4) is 11.3 Å². The number of halogens is 1. The molecular formula is C15H13FN2O. The van der Waals surface area contributed by atoms with Crippen LogP contribution in [0.25, 0.3) is 11.3 Å². The van der Waals surface area contributed by atoms with E-state index in [2.05, 4.69) is 10.3 Å². The normalized spacial score (nSPS) is 14.2. The summed E-state index contributed by atoms with van der Waals surface area (Å²) in [6.07, 6.45) is 1.92. The highest BCUT2D eigenvalue weighted by Gasteiger charge is 2.29. The summed E-state index contributed by atoms with van der Waals surface area (Å²) in [6, 6.07) is 11.6. The van der Waals surface area contributed by atoms with E-state index in [1.54, 1.807) is 18.2 Å². The molecule has 96 valence electrons. The highest BCUT2D eigenvalue weighted by Crippen LogP contribution is 2.30. The SMILES string of the molecule is O=C(Nc1cccc(-c2ccc(F)cc2)n1)C1CC1. The minimum Gasteiger partial charge on any atom is -0.310 e. The van der Waals surface area contributed by atoms with E-state index in [1.807, 2.05) is 12.1 Å². The average molecular weight is 256 g/mol. The summed E-state index contributed by atoms with van der Waals surface area (Å²) in [5.74, 6) is 0.445. The van der Waals surface area contributed by atoms with Crippen LogP contribution in [0.4, 0.5) is 10.2 Å². The first-order valence-electron chi connectivity index (χ1n) is 6.26. The highest BCUT2D eigenvalue weighted by molar-refractivity contribution is 5.93. The lowest BCUT2D eigenvalue weighted by Gasteiger charge is -2.06. The number of carbonyl (C=O) groups is 1. The molecule has 4 heteroatoms. The molecule has 2 aromatic rings. The molecule has 1 saturated carbocycles. The first-order valence-corrected chi connectivity index (χ1v) is 6.26. The number of carbonyl (C=O) groups excluding carboxylic acids is 1. The number of benzene rings is 1. The van der Waals surface area contributed by atoms with Crippen molar-refractivity contribution in [3.05, 3.63) is 48.3 Å². The molecule has 1 amide bonds. The van der Waals surface area contributed by atoms with Gasteiger partial charge in [-0.25, -0.2) is 9.37 Å². The maximum atomic E-state index is 12.9. The Morgan fingerprint density at radius 1 is 1.16 bits per heavy atom. The molecule has 1 aromatic carbocycles. The van der Waals surface area contributed by atoms with Gasteiger partial charge >= 0.3 is 0 Å². The van der Waals surface area contributed by atoms with Crippen molar-refractivity contribution in [1.82, 2.24) is 4.98 Å². The van der Waals surface area contributed by atoms with Gasteiger partial charge in [-0.1, -0.05) is 6.07 Å². The van der Waals surface area contributed by atoms with E-state index in [0.29, 0.717) is 11.5 Å². The molecule has 0 atom stereocenters. The van der Waals surface area contributed by atoms with Crippen LogP contribution in [-0.2, 0) is 4.79 Å². The second kappa shape index (κ2) is 4.80. The smallest absolute Gasteiger partial charge is 0.228 e. The molecule has 1 aromatic heterocycles. The maximum absolute atomic E-state index is 12.9. The summed E-state index contributed by atoms with van der Waals surface area (Å²) in [4.78, 5) is 16.0. The lowest BCUT2D eigenvalue weighted by Crippen LogP contribution is -2.14. The van der Waals surface area contributed by atoms with Gasteiger partial charge in [0.05, 0.1) is 5.69 Å². The zero-order valence-electron chi connectivity index (χ0n) is 10.3. The van der Waals surface area contributed by atoms with E-state index >= 15 is 0 Å². The van der Waals surface area contributed by atoms with Crippen LogP contribution in [0.15, 0.2) is 42.5 Å². The fourth-order valence-electron chi connectivity index (χ4n) is 1.86. The van der Waals surface area contributed by atoms with Gasteiger partial charge in [0.15, 0.2) is 0 Å². The molecule has 0 bridgehead atoms. The largest absolute Gasteiger partial charge is 0.310 e. The van der Waals surface area contributed by atoms with Gasteiger partial charge in [-0.05, 0) is 49.2 Å². The molecular weight excluding hydrogens is 243 g/mol. The van der Waals surface area contributed by atoms with Crippen LogP contribution in [0.2, 0.25) is 0 Å². The molecule has 1 heterocycles. The Balaban J connectivity index is 1.82. The zero-order valence-corrected chi connectivity index (χ0v) is 10.3. The summed E-state index contributed by atoms with van der Waals surface area (Å²) in [6.45, 7) is 0. The lowest BCUT2D eigenvalue weighted by molar-refractivity contribution is -0.117. The molecule has 0 saturated heterocycles. The van der Waals surface area contributed by atoms with Crippen LogP contribution in [0.3, 0.4) is 0 Å². The number of hydrogen-bond donors (Lipinski definition) is 1. The van der Waals surface area contributed by atoms with E-state index in [9.17, 15) is 9.18 Å². The van der Waals surface area contributed by atoms with Gasteiger partial charge in [0.2, 0.25) is 5.91 Å². The number of anilines is 1. The molecule has 0 radical (unpaired) electrons. The molecule has 1 aliphatic rings. The minimum absolute atomic E-state index is 0.0313. The van der Waals surface area contributed by atoms with E-state index in [4.69, 9.17) is 0 Å². The summed E-state index contributed by atoms with van der Waals surface area (Å²) < 4.78 is 12.9. The van der Waals surface area contributed by atoms with Crippen LogP contribution in [0.5, 0.6) is 0 Å². The first-order chi connectivity index (χ1) is 9.22. The number of nitrogens with one attached hydrogen (secondary N) is 1. The third-order valence-corrected chi connectivity index (χ3v) is 3.09. The lowest BCUT2D eigenvalue weighted by atomic mass is 10.1. The number of pyridine rings is 1. The Hall–Kier alpha value is -2.23. The summed E-state index contributed by atoms with van der Waals surface area (Å²) in [5, 5.41) is 2.80. The Kier molecular flexibility index (Phi) is 2.99. The van der Waals surface area contributed by atoms with Gasteiger partial charge in [0.1, 0.15) is 11.6 Å². The number of nitrogens with zero attached hydrogens (tertiary/aromatic N) is 1. The first kappa shape index (κ1) is 11.8. The summed E-state index contributed by atoms with van der Waals surface area (Å²) in [5.41, 5.74) is 1.54. The predicted molar refractivity (Wildman–Crippen MR) is 71.0 cm³/mol. The van der Waals surface area contributed by atoms with Crippen molar-refractivity contribution < 1.29 is 9.18 Å². The Morgan fingerprint density at radius 2 is 1.89 bits per heavy atom. The molecule has 0 spiro atoms. The molecule has 19 heavy (non-hydrogen) atoms. The van der Waals surface area contributed by atoms with Crippen molar-refractivity contribution in [3.63, 3.8) is 0 Å². The second-order valence-electron chi connectivity index (χ2n) is 4.68. The van der Waals surface area contributed by atoms with Crippen molar-refractivity contribution in [2.45, 2.75) is 12.8 Å². The van der Waals surface area contributed by atoms with Gasteiger partial charge in [-0.2, -0.15) is 0 Å². The number of amides is 1. The van der Waals surface area contributed by atoms with E-state index in [0.717, 1.165) is 18.4 Å². The summed E-state index contributed by atoms with van der Waals surface area (Å²) in [7, 11) is 0. The standard InChI is InChI=1S/C15H13FN2O/c16-12-8-6-10(7-9-12)13-2-1-3-14(17-13)18-15(19)11-4-5-11/h1-3,6-9,11H,4-5H2,(H,17,18,19). The van der Waals surface area contributed by atoms with Crippen LogP contribution in [-0.4, -0.2) is 10.9 Å². The number of rotatable bonds is 3. The Morgan fingerprint density at radius 3 is 2.58 bits per heavy atom. The third-order valence-electron chi connectivity index (χ3n) is 3.09. The van der Waals surface area contributed by atoms with Crippen LogP contribution in [0, 0.1) is 11.7 Å². The van der Waals surface area contributed by atoms with Crippen molar-refractivity contribution in [2.75, 3.05) is 5.32 Å². The van der Waals surface area contributed by atoms with Crippen LogP contribution < -0.4 is 5.32 Å². The van der Waals surface area contributed by atoms with Gasteiger partial charge in [-0.3, -0.25) is 4.79 Å². The minimum atomic E-state index is -0.276. The predicted octanol–water partition coefficient (Wildman–Crippen LogP) is 3.24. The fourth-order valence-corrected chi connectivity index (χ4v) is 1.86. The highest BCUT2D eigenvalue weighted by atomic mass is 19.1. The zero-order chi connectivity index (χ0) is 13.2. The van der Waals surface area contributed by atoms with Gasteiger partial charge in [-0.15, -0.1) is 0 Å². The van der Waals surface area contributed by atoms with Crippen molar-refractivity contribution in [1.29, 1.82) is 0 Å². The molecule has 0 unspecified atom stereocenters. The van der Waals surface area contributed by atoms with Gasteiger partial charge < -0.3 is 5.32 Å². The molecule has 1 aliphatic carbocycles. The van der Waals surface area contributed by atoms with Gasteiger partial charge in [0, 0.05) is 11.5 Å². The second-order valence-corrected chi connectivity index (χ2v) is 4.68. The Bertz CT molecular complexity index is 606. The molecule has 3 rings (SSSR count). The third kappa shape index (κ3) is 2.78. The van der Waals surface area contributed by atoms with E-state index < -0.39 is 0 Å². The molecule has 1 fully saturated rings. The Labute approximate surface area is 110 Å². The maximum Gasteiger partial charge on any atom is 0.228 e. The molecule has 0 aliphatic heterocycles. The van der Waals surface area contributed by atoms with Crippen molar-refractivity contribution >= 4 is 11.7 Å². The summed E-state index contributed by atoms with van der Waals surface area (Å²) >= 11 is 0. The quantitative estimate of drug-likeness (QED) is 0.916. The van der Waals surface area contributed by atoms with E-state index in [1.165, 1.54) is 12.1 Å². The fraction of sp³-hybridized carbons (Fsp3) is 0.200. The van der Waals surface area contributed by atoms with E-state index in [-0.39, 0.29) is 17.6 Å². The number of aromatic nitrogens is 1. The molecule has 3 nitrogen and oxygen atoms in total. The van der Waals surface area contributed by atoms with Crippen LogP contribution >= 0.6 is 0 Å². The van der Waals surface area contributed by atoms with Crippen molar-refractivity contribution in [2.24, 2.45) is 5.92 Å². The topological polar surface area (TPSA) is 42.0 Å². The monoisotopic (exact) mass is 256 g/mol.